The Hall–Kier alpha value is -8.67. The van der Waals surface area contributed by atoms with Gasteiger partial charge in [0, 0.05) is 43.9 Å². The first-order chi connectivity index (χ1) is 31.7. The van der Waals surface area contributed by atoms with Crippen LogP contribution in [0.3, 0.4) is 0 Å². The van der Waals surface area contributed by atoms with Crippen molar-refractivity contribution < 1.29 is 4.42 Å². The molecule has 0 unspecified atom stereocenters. The molecule has 11 aromatic carbocycles. The summed E-state index contributed by atoms with van der Waals surface area (Å²) in [5.74, 6) is 1.84. The Kier molecular flexibility index (Phi) is 7.33. The molecule has 5 nitrogen and oxygen atoms in total. The van der Waals surface area contributed by atoms with E-state index in [0.717, 1.165) is 65.9 Å². The summed E-state index contributed by atoms with van der Waals surface area (Å²) in [6, 6.07) is 73.5. The minimum Gasteiger partial charge on any atom is -0.456 e. The van der Waals surface area contributed by atoms with E-state index in [2.05, 4.69) is 211 Å². The lowest BCUT2D eigenvalue weighted by Crippen LogP contribution is -2.00. The Morgan fingerprint density at radius 1 is 0.297 bits per heavy atom. The van der Waals surface area contributed by atoms with Gasteiger partial charge in [0.25, 0.3) is 0 Å². The highest BCUT2D eigenvalue weighted by atomic mass is 16.3. The van der Waals surface area contributed by atoms with Crippen LogP contribution in [0, 0.1) is 0 Å². The van der Waals surface area contributed by atoms with Crippen LogP contribution in [0.1, 0.15) is 0 Å². The van der Waals surface area contributed by atoms with Crippen LogP contribution < -0.4 is 0 Å². The number of nitrogens with zero attached hydrogens (tertiary/aromatic N) is 4. The summed E-state index contributed by atoms with van der Waals surface area (Å²) >= 11 is 0. The summed E-state index contributed by atoms with van der Waals surface area (Å²) in [5.41, 5.74) is 7.84. The Morgan fingerprint density at radius 2 is 0.812 bits per heavy atom. The third-order valence-corrected chi connectivity index (χ3v) is 13.1. The van der Waals surface area contributed by atoms with Crippen molar-refractivity contribution in [3.63, 3.8) is 0 Å². The molecule has 0 spiro atoms. The number of rotatable bonds is 4. The Labute approximate surface area is 366 Å². The van der Waals surface area contributed by atoms with Crippen LogP contribution in [0.4, 0.5) is 0 Å². The minimum atomic E-state index is 0.598. The van der Waals surface area contributed by atoms with E-state index in [-0.39, 0.29) is 0 Å². The molecule has 0 bridgehead atoms. The molecule has 0 aliphatic carbocycles. The number of para-hydroxylation sites is 1. The van der Waals surface area contributed by atoms with Crippen LogP contribution in [0.2, 0.25) is 0 Å². The van der Waals surface area contributed by atoms with Crippen molar-refractivity contribution in [3.8, 4) is 39.9 Å². The van der Waals surface area contributed by atoms with E-state index >= 15 is 0 Å². The molecular formula is C59H34N4O. The van der Waals surface area contributed by atoms with Crippen molar-refractivity contribution in [3.05, 3.63) is 206 Å². The van der Waals surface area contributed by atoms with Crippen molar-refractivity contribution in [1.82, 2.24) is 19.5 Å². The average molecular weight is 815 g/mol. The van der Waals surface area contributed by atoms with E-state index in [9.17, 15) is 0 Å². The van der Waals surface area contributed by atoms with Crippen LogP contribution in [0.25, 0.3) is 137 Å². The monoisotopic (exact) mass is 814 g/mol. The Morgan fingerprint density at radius 3 is 1.59 bits per heavy atom. The van der Waals surface area contributed by atoms with E-state index in [4.69, 9.17) is 19.4 Å². The summed E-state index contributed by atoms with van der Waals surface area (Å²) in [6.07, 6.45) is 0. The number of aromatic nitrogens is 4. The van der Waals surface area contributed by atoms with Gasteiger partial charge < -0.3 is 8.98 Å². The minimum absolute atomic E-state index is 0.598. The maximum absolute atomic E-state index is 6.61. The quantitative estimate of drug-likeness (QED) is 0.166. The van der Waals surface area contributed by atoms with Crippen LogP contribution in [-0.4, -0.2) is 19.5 Å². The van der Waals surface area contributed by atoms with E-state index in [0.29, 0.717) is 17.5 Å². The van der Waals surface area contributed by atoms with Gasteiger partial charge in [-0.05, 0) is 121 Å². The average Bonchev–Trinajstić information content (AvgIpc) is 3.90. The number of furan rings is 1. The zero-order valence-corrected chi connectivity index (χ0v) is 34.3. The number of fused-ring (bicyclic) bond motifs is 13. The fourth-order valence-corrected chi connectivity index (χ4v) is 10.0. The molecule has 296 valence electrons. The normalized spacial score (nSPS) is 12.1. The fourth-order valence-electron chi connectivity index (χ4n) is 10.0. The molecular weight excluding hydrogens is 781 g/mol. The maximum atomic E-state index is 6.61. The van der Waals surface area contributed by atoms with Gasteiger partial charge in [-0.3, -0.25) is 0 Å². The molecule has 14 rings (SSSR count). The summed E-state index contributed by atoms with van der Waals surface area (Å²) in [5, 5.41) is 16.3. The van der Waals surface area contributed by atoms with Gasteiger partial charge in [0.2, 0.25) is 0 Å². The lowest BCUT2D eigenvalue weighted by Gasteiger charge is -2.11. The second kappa shape index (κ2) is 13.4. The topological polar surface area (TPSA) is 56.7 Å². The molecule has 0 saturated heterocycles. The molecule has 0 fully saturated rings. The fraction of sp³-hybridized carbons (Fsp3) is 0. The smallest absolute Gasteiger partial charge is 0.164 e. The molecule has 5 heteroatoms. The molecule has 3 heterocycles. The molecule has 0 aliphatic heterocycles. The zero-order valence-electron chi connectivity index (χ0n) is 34.3. The third-order valence-electron chi connectivity index (χ3n) is 13.1. The molecule has 0 saturated carbocycles. The highest BCUT2D eigenvalue weighted by Crippen LogP contribution is 2.40. The lowest BCUT2D eigenvalue weighted by atomic mass is 9.99. The van der Waals surface area contributed by atoms with Crippen LogP contribution >= 0.6 is 0 Å². The van der Waals surface area contributed by atoms with E-state index in [1.165, 1.54) is 54.1 Å². The molecule has 0 aliphatic rings. The van der Waals surface area contributed by atoms with Gasteiger partial charge in [-0.15, -0.1) is 0 Å². The van der Waals surface area contributed by atoms with Crippen molar-refractivity contribution in [2.75, 3.05) is 0 Å². The summed E-state index contributed by atoms with van der Waals surface area (Å²) in [4.78, 5) is 15.7. The van der Waals surface area contributed by atoms with Gasteiger partial charge in [-0.1, -0.05) is 140 Å². The SMILES string of the molecule is c1ccc2cc(-c3nc(-c4ccc5ccc6ccccc6c5c4)nc(-c4ccc5oc6ccc7ccc(-n8c9ccccc9c9cc%10ccccc%10cc98)cc7c6c5c4)n3)ccc2c1. The van der Waals surface area contributed by atoms with E-state index < -0.39 is 0 Å². The van der Waals surface area contributed by atoms with Crippen LogP contribution in [0.15, 0.2) is 211 Å². The largest absolute Gasteiger partial charge is 0.456 e. The van der Waals surface area contributed by atoms with Crippen molar-refractivity contribution in [2.24, 2.45) is 0 Å². The van der Waals surface area contributed by atoms with Gasteiger partial charge in [-0.2, -0.15) is 0 Å². The molecule has 3 aromatic heterocycles. The van der Waals surface area contributed by atoms with Gasteiger partial charge in [0.05, 0.1) is 11.0 Å². The summed E-state index contributed by atoms with van der Waals surface area (Å²) in [7, 11) is 0. The molecule has 0 radical (unpaired) electrons. The van der Waals surface area contributed by atoms with Crippen LogP contribution in [-0.2, 0) is 0 Å². The van der Waals surface area contributed by atoms with Crippen LogP contribution in [0.5, 0.6) is 0 Å². The first-order valence-corrected chi connectivity index (χ1v) is 21.7. The maximum Gasteiger partial charge on any atom is 0.164 e. The Bertz CT molecular complexity index is 4270. The molecule has 0 atom stereocenters. The predicted molar refractivity (Wildman–Crippen MR) is 265 cm³/mol. The molecule has 14 aromatic rings. The summed E-state index contributed by atoms with van der Waals surface area (Å²) in [6.45, 7) is 0. The molecule has 0 amide bonds. The van der Waals surface area contributed by atoms with Gasteiger partial charge in [-0.25, -0.2) is 15.0 Å². The van der Waals surface area contributed by atoms with Gasteiger partial charge in [0.15, 0.2) is 17.5 Å². The standard InChI is InChI=1S/C59H34N4O/c1-2-11-39-29-42(21-17-35(39)9-1)57-60-58(43-22-20-37-19-18-36-10-5-6-14-46(36)48(37)31-43)62-59(61-57)44-25-27-54-51(32-44)56-49-34-45(26-23-38(49)24-28-55(56)64-54)63-52-16-8-7-15-47(52)50-30-40-12-3-4-13-41(40)33-53(50)63/h1-34H. The molecule has 64 heavy (non-hydrogen) atoms. The second-order valence-corrected chi connectivity index (χ2v) is 16.8. The number of hydrogen-bond donors (Lipinski definition) is 0. The van der Waals surface area contributed by atoms with E-state index in [1.807, 2.05) is 0 Å². The highest BCUT2D eigenvalue weighted by molar-refractivity contribution is 6.20. The first-order valence-electron chi connectivity index (χ1n) is 21.7. The Balaban J connectivity index is 0.978. The lowest BCUT2D eigenvalue weighted by molar-refractivity contribution is 0.669. The van der Waals surface area contributed by atoms with Gasteiger partial charge in [0.1, 0.15) is 11.2 Å². The predicted octanol–water partition coefficient (Wildman–Crippen LogP) is 15.6. The molecule has 0 N–H and O–H groups in total. The third kappa shape index (κ3) is 5.34. The van der Waals surface area contributed by atoms with Crippen molar-refractivity contribution in [1.29, 1.82) is 0 Å². The number of benzene rings is 11. The first kappa shape index (κ1) is 35.0. The highest BCUT2D eigenvalue weighted by Gasteiger charge is 2.19. The van der Waals surface area contributed by atoms with E-state index in [1.54, 1.807) is 0 Å². The van der Waals surface area contributed by atoms with Gasteiger partial charge >= 0.3 is 0 Å². The van der Waals surface area contributed by atoms with Crippen molar-refractivity contribution in [2.45, 2.75) is 0 Å². The number of hydrogen-bond acceptors (Lipinski definition) is 4. The summed E-state index contributed by atoms with van der Waals surface area (Å²) < 4.78 is 9.02. The zero-order chi connectivity index (χ0) is 41.9. The van der Waals surface area contributed by atoms with Crippen molar-refractivity contribution >= 4 is 97.6 Å². The second-order valence-electron chi connectivity index (χ2n) is 16.8.